The summed E-state index contributed by atoms with van der Waals surface area (Å²) in [5.74, 6) is 0. The zero-order valence-corrected chi connectivity index (χ0v) is 11.9. The van der Waals surface area contributed by atoms with Crippen molar-refractivity contribution in [3.05, 3.63) is 18.0 Å². The van der Waals surface area contributed by atoms with Crippen molar-refractivity contribution in [1.29, 1.82) is 0 Å². The van der Waals surface area contributed by atoms with Crippen LogP contribution in [-0.4, -0.2) is 40.4 Å². The van der Waals surface area contributed by atoms with Crippen molar-refractivity contribution in [3.8, 4) is 0 Å². The van der Waals surface area contributed by atoms with Gasteiger partial charge in [0.05, 0.1) is 5.69 Å². The normalized spacial score (nSPS) is 21.7. The Bertz CT molecular complexity index is 356. The SMILES string of the molecule is CCCC1CNCCN1Cc1ccn(C(C)C)n1. The first-order chi connectivity index (χ1) is 8.70. The lowest BCUT2D eigenvalue weighted by Crippen LogP contribution is -2.50. The third kappa shape index (κ3) is 3.33. The first-order valence-corrected chi connectivity index (χ1v) is 7.19. The topological polar surface area (TPSA) is 33.1 Å². The van der Waals surface area contributed by atoms with Gasteiger partial charge in [0.25, 0.3) is 0 Å². The Kier molecular flexibility index (Phi) is 4.78. The van der Waals surface area contributed by atoms with E-state index in [4.69, 9.17) is 0 Å². The predicted octanol–water partition coefficient (Wildman–Crippen LogP) is 2.04. The molecule has 1 aliphatic rings. The molecule has 1 aromatic heterocycles. The molecule has 2 rings (SSSR count). The lowest BCUT2D eigenvalue weighted by molar-refractivity contribution is 0.142. The summed E-state index contributed by atoms with van der Waals surface area (Å²) in [7, 11) is 0. The van der Waals surface area contributed by atoms with E-state index in [2.05, 4.69) is 48.3 Å². The molecule has 1 aliphatic heterocycles. The molecule has 0 spiro atoms. The highest BCUT2D eigenvalue weighted by Crippen LogP contribution is 2.14. The quantitative estimate of drug-likeness (QED) is 0.868. The van der Waals surface area contributed by atoms with Gasteiger partial charge in [0, 0.05) is 44.5 Å². The number of hydrogen-bond donors (Lipinski definition) is 1. The third-order valence-electron chi connectivity index (χ3n) is 3.65. The van der Waals surface area contributed by atoms with Gasteiger partial charge in [0.15, 0.2) is 0 Å². The highest BCUT2D eigenvalue weighted by Gasteiger charge is 2.21. The fourth-order valence-electron chi connectivity index (χ4n) is 2.59. The van der Waals surface area contributed by atoms with Crippen molar-refractivity contribution in [2.45, 2.75) is 52.2 Å². The summed E-state index contributed by atoms with van der Waals surface area (Å²) in [5, 5.41) is 8.14. The molecule has 1 aromatic rings. The van der Waals surface area contributed by atoms with Crippen molar-refractivity contribution < 1.29 is 0 Å². The maximum absolute atomic E-state index is 4.65. The number of piperazine rings is 1. The average molecular weight is 250 g/mol. The highest BCUT2D eigenvalue weighted by atomic mass is 15.3. The molecule has 0 aliphatic carbocycles. The molecular weight excluding hydrogens is 224 g/mol. The summed E-state index contributed by atoms with van der Waals surface area (Å²) in [4.78, 5) is 2.58. The van der Waals surface area contributed by atoms with E-state index in [-0.39, 0.29) is 0 Å². The van der Waals surface area contributed by atoms with Gasteiger partial charge in [0.2, 0.25) is 0 Å². The average Bonchev–Trinajstić information content (AvgIpc) is 2.81. The molecule has 1 fully saturated rings. The van der Waals surface area contributed by atoms with Gasteiger partial charge in [-0.3, -0.25) is 9.58 Å². The Balaban J connectivity index is 1.97. The van der Waals surface area contributed by atoms with Gasteiger partial charge in [-0.1, -0.05) is 13.3 Å². The van der Waals surface area contributed by atoms with E-state index in [0.29, 0.717) is 12.1 Å². The van der Waals surface area contributed by atoms with Gasteiger partial charge >= 0.3 is 0 Å². The smallest absolute Gasteiger partial charge is 0.0765 e. The molecule has 0 saturated carbocycles. The van der Waals surface area contributed by atoms with E-state index in [1.165, 1.54) is 18.5 Å². The fraction of sp³-hybridized carbons (Fsp3) is 0.786. The molecule has 0 bridgehead atoms. The van der Waals surface area contributed by atoms with Crippen LogP contribution in [0.15, 0.2) is 12.3 Å². The monoisotopic (exact) mass is 250 g/mol. The van der Waals surface area contributed by atoms with Gasteiger partial charge in [0.1, 0.15) is 0 Å². The van der Waals surface area contributed by atoms with E-state index in [1.54, 1.807) is 0 Å². The van der Waals surface area contributed by atoms with Crippen LogP contribution < -0.4 is 5.32 Å². The molecule has 2 heterocycles. The van der Waals surface area contributed by atoms with Crippen molar-refractivity contribution >= 4 is 0 Å². The number of nitrogens with one attached hydrogen (secondary N) is 1. The summed E-state index contributed by atoms with van der Waals surface area (Å²) >= 11 is 0. The Labute approximate surface area is 110 Å². The maximum atomic E-state index is 4.65. The molecule has 1 saturated heterocycles. The van der Waals surface area contributed by atoms with Gasteiger partial charge in [-0.25, -0.2) is 0 Å². The molecule has 0 amide bonds. The lowest BCUT2D eigenvalue weighted by Gasteiger charge is -2.35. The molecule has 0 aromatic carbocycles. The molecule has 4 nitrogen and oxygen atoms in total. The Hall–Kier alpha value is -0.870. The summed E-state index contributed by atoms with van der Waals surface area (Å²) in [5.41, 5.74) is 1.20. The first-order valence-electron chi connectivity index (χ1n) is 7.19. The minimum absolute atomic E-state index is 0.452. The van der Waals surface area contributed by atoms with Crippen LogP contribution in [0.5, 0.6) is 0 Å². The van der Waals surface area contributed by atoms with E-state index < -0.39 is 0 Å². The van der Waals surface area contributed by atoms with Crippen LogP contribution in [0.25, 0.3) is 0 Å². The number of nitrogens with zero attached hydrogens (tertiary/aromatic N) is 3. The van der Waals surface area contributed by atoms with Gasteiger partial charge in [-0.15, -0.1) is 0 Å². The lowest BCUT2D eigenvalue weighted by atomic mass is 10.1. The van der Waals surface area contributed by atoms with Crippen LogP contribution in [-0.2, 0) is 6.54 Å². The van der Waals surface area contributed by atoms with E-state index in [1.807, 2.05) is 4.68 Å². The van der Waals surface area contributed by atoms with Crippen LogP contribution in [0.2, 0.25) is 0 Å². The van der Waals surface area contributed by atoms with Crippen LogP contribution in [0.3, 0.4) is 0 Å². The molecule has 1 N–H and O–H groups in total. The standard InChI is InChI=1S/C14H26N4/c1-4-5-14-10-15-7-9-17(14)11-13-6-8-18(16-13)12(2)3/h6,8,12,14-15H,4-5,7,9-11H2,1-3H3. The second kappa shape index (κ2) is 6.34. The Morgan fingerprint density at radius 3 is 3.00 bits per heavy atom. The van der Waals surface area contributed by atoms with Crippen molar-refractivity contribution in [2.75, 3.05) is 19.6 Å². The first kappa shape index (κ1) is 13.6. The van der Waals surface area contributed by atoms with E-state index >= 15 is 0 Å². The highest BCUT2D eigenvalue weighted by molar-refractivity contribution is 5.00. The molecule has 18 heavy (non-hydrogen) atoms. The number of rotatable bonds is 5. The molecule has 4 heteroatoms. The third-order valence-corrected chi connectivity index (χ3v) is 3.65. The second-order valence-electron chi connectivity index (χ2n) is 5.50. The Morgan fingerprint density at radius 1 is 1.50 bits per heavy atom. The summed E-state index contributed by atoms with van der Waals surface area (Å²) in [6.45, 7) is 11.0. The van der Waals surface area contributed by atoms with Gasteiger partial charge in [-0.05, 0) is 26.3 Å². The zero-order chi connectivity index (χ0) is 13.0. The minimum Gasteiger partial charge on any atom is -0.314 e. The predicted molar refractivity (Wildman–Crippen MR) is 74.6 cm³/mol. The fourth-order valence-corrected chi connectivity index (χ4v) is 2.59. The van der Waals surface area contributed by atoms with Crippen LogP contribution >= 0.6 is 0 Å². The maximum Gasteiger partial charge on any atom is 0.0765 e. The molecule has 1 unspecified atom stereocenters. The largest absolute Gasteiger partial charge is 0.314 e. The summed E-state index contributed by atoms with van der Waals surface area (Å²) in [6, 6.07) is 3.28. The van der Waals surface area contributed by atoms with Gasteiger partial charge in [-0.2, -0.15) is 5.10 Å². The zero-order valence-electron chi connectivity index (χ0n) is 11.9. The van der Waals surface area contributed by atoms with Crippen LogP contribution in [0.4, 0.5) is 0 Å². The van der Waals surface area contributed by atoms with Crippen molar-refractivity contribution in [1.82, 2.24) is 20.0 Å². The Morgan fingerprint density at radius 2 is 2.33 bits per heavy atom. The summed E-state index contributed by atoms with van der Waals surface area (Å²) < 4.78 is 2.05. The summed E-state index contributed by atoms with van der Waals surface area (Å²) in [6.07, 6.45) is 4.62. The van der Waals surface area contributed by atoms with E-state index in [9.17, 15) is 0 Å². The molecule has 102 valence electrons. The molecule has 1 atom stereocenters. The van der Waals surface area contributed by atoms with E-state index in [0.717, 1.165) is 26.2 Å². The van der Waals surface area contributed by atoms with Crippen LogP contribution in [0.1, 0.15) is 45.3 Å². The number of aromatic nitrogens is 2. The molecule has 0 radical (unpaired) electrons. The second-order valence-corrected chi connectivity index (χ2v) is 5.50. The minimum atomic E-state index is 0.452. The van der Waals surface area contributed by atoms with Crippen molar-refractivity contribution in [3.63, 3.8) is 0 Å². The van der Waals surface area contributed by atoms with Crippen molar-refractivity contribution in [2.24, 2.45) is 0 Å². The van der Waals surface area contributed by atoms with Gasteiger partial charge < -0.3 is 5.32 Å². The molecular formula is C14H26N4. The van der Waals surface area contributed by atoms with Crippen LogP contribution in [0, 0.1) is 0 Å². The number of hydrogen-bond acceptors (Lipinski definition) is 3.